The Bertz CT molecular complexity index is 2220. The lowest BCUT2D eigenvalue weighted by Gasteiger charge is -2.46. The predicted octanol–water partition coefficient (Wildman–Crippen LogP) is 5.49. The van der Waals surface area contributed by atoms with Gasteiger partial charge in [0.25, 0.3) is 5.91 Å². The zero-order chi connectivity index (χ0) is 38.8. The van der Waals surface area contributed by atoms with Gasteiger partial charge in [-0.15, -0.1) is 0 Å². The molecule has 6 heterocycles. The molecule has 4 aliphatic heterocycles. The number of fused-ring (bicyclic) bond motifs is 2. The van der Waals surface area contributed by atoms with Crippen LogP contribution in [0.2, 0.25) is 0 Å². The molecule has 0 bridgehead atoms. The van der Waals surface area contributed by atoms with Crippen molar-refractivity contribution in [2.24, 2.45) is 5.92 Å². The van der Waals surface area contributed by atoms with Crippen LogP contribution in [-0.2, 0) is 20.9 Å². The van der Waals surface area contributed by atoms with Gasteiger partial charge < -0.3 is 24.2 Å². The molecule has 2 aliphatic carbocycles. The molecular formula is C43H49FN8O5. The van der Waals surface area contributed by atoms with Gasteiger partial charge in [-0.05, 0) is 119 Å². The molecular weight excluding hydrogens is 728 g/mol. The summed E-state index contributed by atoms with van der Waals surface area (Å²) < 4.78 is 28.6. The van der Waals surface area contributed by atoms with Crippen molar-refractivity contribution in [1.29, 1.82) is 0 Å². The monoisotopic (exact) mass is 776 g/mol. The topological polar surface area (TPSA) is 146 Å². The normalized spacial score (nSPS) is 25.4. The third-order valence-corrected chi connectivity index (χ3v) is 13.5. The minimum Gasteiger partial charge on any atom is -0.488 e. The summed E-state index contributed by atoms with van der Waals surface area (Å²) in [4.78, 5) is 52.7. The number of carbonyl (C=O) groups is 3. The highest BCUT2D eigenvalue weighted by Gasteiger charge is 2.42. The number of halogens is 1. The van der Waals surface area contributed by atoms with Crippen LogP contribution in [0.4, 0.5) is 10.2 Å². The molecule has 3 saturated heterocycles. The molecule has 298 valence electrons. The Morgan fingerprint density at radius 2 is 1.75 bits per heavy atom. The van der Waals surface area contributed by atoms with E-state index in [1.165, 1.54) is 4.90 Å². The lowest BCUT2D eigenvalue weighted by atomic mass is 9.83. The highest BCUT2D eigenvalue weighted by Crippen LogP contribution is 2.42. The third kappa shape index (κ3) is 7.04. The molecule has 4 aromatic rings. The maximum atomic E-state index is 15.9. The number of amides is 3. The first-order valence-electron chi connectivity index (χ1n) is 20.7. The second kappa shape index (κ2) is 14.5. The van der Waals surface area contributed by atoms with Crippen LogP contribution in [0.3, 0.4) is 0 Å². The van der Waals surface area contributed by atoms with Crippen molar-refractivity contribution in [2.45, 2.75) is 107 Å². The van der Waals surface area contributed by atoms with E-state index < -0.39 is 11.9 Å². The fraction of sp³-hybridized carbons (Fsp3) is 0.535. The molecule has 5 fully saturated rings. The Hall–Kier alpha value is -4.95. The molecule has 3 amide bonds. The van der Waals surface area contributed by atoms with Gasteiger partial charge in [0, 0.05) is 54.7 Å². The van der Waals surface area contributed by atoms with Gasteiger partial charge in [0.15, 0.2) is 0 Å². The average Bonchev–Trinajstić information content (AvgIpc) is 3.62. The molecule has 2 saturated carbocycles. The average molecular weight is 777 g/mol. The van der Waals surface area contributed by atoms with Crippen molar-refractivity contribution in [2.75, 3.05) is 37.7 Å². The first-order valence-corrected chi connectivity index (χ1v) is 20.7. The van der Waals surface area contributed by atoms with Gasteiger partial charge >= 0.3 is 0 Å². The number of H-pyrrole nitrogens is 1. The fourth-order valence-corrected chi connectivity index (χ4v) is 9.55. The van der Waals surface area contributed by atoms with Gasteiger partial charge in [-0.2, -0.15) is 5.10 Å². The number of aromatic amines is 1. The van der Waals surface area contributed by atoms with E-state index in [9.17, 15) is 14.4 Å². The Morgan fingerprint density at radius 3 is 2.53 bits per heavy atom. The standard InChI is InChI=1S/C43H49FN8O5/c1-43(12-13-43)57-28-2-5-34-32(20-28)40(49-48-34)35-21-37(46-24-45-35)51-14-8-25(9-15-51)23-56-29-18-27(19-29)50-16-10-26(11-17-50)30-3-4-31-33(39(30)44)22-52(42(31)55)36-6-7-38(53)47-41(36)54/h2-5,20-21,24-27,29,36H,6-19,22-23H2,1H3,(H,48,49)(H,47,53,54)/t27-,29-,36?. The van der Waals surface area contributed by atoms with E-state index in [2.05, 4.69) is 54.3 Å². The second-order valence-electron chi connectivity index (χ2n) is 17.3. The lowest BCUT2D eigenvalue weighted by Crippen LogP contribution is -2.52. The van der Waals surface area contributed by atoms with Crippen molar-refractivity contribution in [3.8, 4) is 17.1 Å². The highest BCUT2D eigenvalue weighted by molar-refractivity contribution is 6.05. The van der Waals surface area contributed by atoms with E-state index in [1.807, 2.05) is 12.1 Å². The second-order valence-corrected chi connectivity index (χ2v) is 17.3. The summed E-state index contributed by atoms with van der Waals surface area (Å²) in [6.45, 7) is 6.66. The van der Waals surface area contributed by atoms with Crippen LogP contribution in [0.25, 0.3) is 22.3 Å². The van der Waals surface area contributed by atoms with Gasteiger partial charge in [0.2, 0.25) is 11.8 Å². The molecule has 57 heavy (non-hydrogen) atoms. The van der Waals surface area contributed by atoms with Crippen LogP contribution < -0.4 is 15.0 Å². The number of benzene rings is 2. The van der Waals surface area contributed by atoms with Gasteiger partial charge in [0.05, 0.1) is 29.6 Å². The Labute approximate surface area is 330 Å². The zero-order valence-electron chi connectivity index (χ0n) is 32.3. The van der Waals surface area contributed by atoms with E-state index in [0.717, 1.165) is 118 Å². The highest BCUT2D eigenvalue weighted by atomic mass is 19.1. The van der Waals surface area contributed by atoms with Gasteiger partial charge in [-0.3, -0.25) is 24.8 Å². The van der Waals surface area contributed by atoms with Crippen LogP contribution >= 0.6 is 0 Å². The van der Waals surface area contributed by atoms with Crippen LogP contribution in [0.5, 0.6) is 5.75 Å². The minimum absolute atomic E-state index is 0.0498. The molecule has 1 atom stereocenters. The van der Waals surface area contributed by atoms with Crippen LogP contribution in [0.1, 0.15) is 98.5 Å². The number of hydrogen-bond acceptors (Lipinski definition) is 10. The smallest absolute Gasteiger partial charge is 0.255 e. The van der Waals surface area contributed by atoms with Gasteiger partial charge in [0.1, 0.15) is 35.4 Å². The number of anilines is 1. The number of aromatic nitrogens is 4. The number of nitrogens with one attached hydrogen (secondary N) is 2. The van der Waals surface area contributed by atoms with Crippen LogP contribution in [-0.4, -0.2) is 104 Å². The fourth-order valence-electron chi connectivity index (χ4n) is 9.55. The Morgan fingerprint density at radius 1 is 0.947 bits per heavy atom. The Kier molecular flexibility index (Phi) is 9.23. The number of likely N-dealkylation sites (tertiary alicyclic amines) is 1. The van der Waals surface area contributed by atoms with E-state index in [4.69, 9.17) is 9.47 Å². The summed E-state index contributed by atoms with van der Waals surface area (Å²) in [5, 5.41) is 11.0. The van der Waals surface area contributed by atoms with E-state index in [1.54, 1.807) is 18.5 Å². The number of imide groups is 1. The van der Waals surface area contributed by atoms with Crippen molar-refractivity contribution in [3.05, 3.63) is 65.2 Å². The first-order chi connectivity index (χ1) is 27.7. The molecule has 14 heteroatoms. The van der Waals surface area contributed by atoms with Crippen LogP contribution in [0, 0.1) is 11.7 Å². The lowest BCUT2D eigenvalue weighted by molar-refractivity contribution is -0.136. The number of nitrogens with zero attached hydrogens (tertiary/aromatic N) is 6. The number of piperidine rings is 3. The van der Waals surface area contributed by atoms with Gasteiger partial charge in [-0.25, -0.2) is 14.4 Å². The summed E-state index contributed by atoms with van der Waals surface area (Å²) in [6.07, 6.45) is 10.4. The molecule has 6 aliphatic rings. The molecule has 0 radical (unpaired) electrons. The molecule has 13 nitrogen and oxygen atoms in total. The SMILES string of the molecule is CC1(Oc2ccc3n[nH]c(-c4cc(N5CCC(CO[C@H]6C[C@H](N7CCC(c8ccc9c(c8F)CN(C8CCC(=O)NC8=O)C9=O)CC7)C6)CC5)ncn4)c3c2)CC1. The van der Waals surface area contributed by atoms with E-state index in [-0.39, 0.29) is 54.6 Å². The van der Waals surface area contributed by atoms with E-state index >= 15 is 4.39 Å². The predicted molar refractivity (Wildman–Crippen MR) is 209 cm³/mol. The van der Waals surface area contributed by atoms with Crippen molar-refractivity contribution >= 4 is 34.4 Å². The number of carbonyl (C=O) groups excluding carboxylic acids is 3. The van der Waals surface area contributed by atoms with Crippen LogP contribution in [0.15, 0.2) is 42.7 Å². The van der Waals surface area contributed by atoms with Gasteiger partial charge in [-0.1, -0.05) is 6.07 Å². The summed E-state index contributed by atoms with van der Waals surface area (Å²) >= 11 is 0. The maximum Gasteiger partial charge on any atom is 0.255 e. The maximum absolute atomic E-state index is 15.9. The number of hydrogen-bond donors (Lipinski definition) is 2. The summed E-state index contributed by atoms with van der Waals surface area (Å²) in [7, 11) is 0. The molecule has 0 spiro atoms. The molecule has 1 unspecified atom stereocenters. The first kappa shape index (κ1) is 36.4. The largest absolute Gasteiger partial charge is 0.488 e. The molecule has 2 N–H and O–H groups in total. The number of ether oxygens (including phenoxy) is 2. The quantitative estimate of drug-likeness (QED) is 0.198. The molecule has 10 rings (SSSR count). The molecule has 2 aromatic heterocycles. The summed E-state index contributed by atoms with van der Waals surface area (Å²) in [5.41, 5.74) is 3.90. The summed E-state index contributed by atoms with van der Waals surface area (Å²) in [6, 6.07) is 11.3. The van der Waals surface area contributed by atoms with Crippen molar-refractivity contribution < 1.29 is 28.2 Å². The molecule has 2 aromatic carbocycles. The summed E-state index contributed by atoms with van der Waals surface area (Å²) in [5.74, 6) is 0.921. The zero-order valence-corrected chi connectivity index (χ0v) is 32.3. The van der Waals surface area contributed by atoms with E-state index in [0.29, 0.717) is 28.7 Å². The number of rotatable bonds is 10. The third-order valence-electron chi connectivity index (χ3n) is 13.5. The van der Waals surface area contributed by atoms with Crippen molar-refractivity contribution in [3.63, 3.8) is 0 Å². The van der Waals surface area contributed by atoms with Crippen molar-refractivity contribution in [1.82, 2.24) is 35.3 Å². The Balaban J connectivity index is 0.671. The minimum atomic E-state index is -0.747.